The lowest BCUT2D eigenvalue weighted by atomic mass is 9.07. The van der Waals surface area contributed by atoms with Crippen LogP contribution in [0, 0.1) is 118 Å². The van der Waals surface area contributed by atoms with Crippen LogP contribution in [-0.2, 0) is 0 Å². The molecule has 14 aliphatic rings. The molecule has 14 aliphatic carbocycles. The molecule has 264 valence electrons. The van der Waals surface area contributed by atoms with Crippen molar-refractivity contribution in [2.45, 2.75) is 19.3 Å². The van der Waals surface area contributed by atoms with Gasteiger partial charge in [0.1, 0.15) is 7.85 Å². The quantitative estimate of drug-likeness (QED) is 0.114. The SMILES string of the molecule is Bc1ccc2c(c1)C(=O)c1cc3c(cc1-2)/C(=C1/CC2C1C1C2C2C1C1C2C2C4C5C6C7C8CCC8C7C6C5C4C12)c1cc2c(cc1-3)C(=O)c1cc(Br)ccc1-2. The number of hydrogen-bond donors (Lipinski definition) is 0. The zero-order chi connectivity index (χ0) is 35.1. The van der Waals surface area contributed by atoms with Crippen LogP contribution in [0.3, 0.4) is 0 Å². The van der Waals surface area contributed by atoms with Gasteiger partial charge in [0, 0.05) is 26.7 Å². The van der Waals surface area contributed by atoms with Crippen molar-refractivity contribution in [1.82, 2.24) is 0 Å². The van der Waals surface area contributed by atoms with Gasteiger partial charge in [0.15, 0.2) is 11.6 Å². The van der Waals surface area contributed by atoms with Crippen molar-refractivity contribution in [3.63, 3.8) is 0 Å². The Morgan fingerprint density at radius 2 is 0.836 bits per heavy atom. The molecule has 0 bridgehead atoms. The number of ketones is 2. The molecule has 11 saturated carbocycles. The highest BCUT2D eigenvalue weighted by atomic mass is 79.9. The second-order valence-corrected chi connectivity index (χ2v) is 22.6. The largest absolute Gasteiger partial charge is 0.289 e. The first-order chi connectivity index (χ1) is 27.0. The molecule has 0 saturated heterocycles. The summed E-state index contributed by atoms with van der Waals surface area (Å²) in [7, 11) is 2.08. The van der Waals surface area contributed by atoms with Crippen molar-refractivity contribution in [2.75, 3.05) is 0 Å². The van der Waals surface area contributed by atoms with Gasteiger partial charge in [-0.2, -0.15) is 0 Å². The second kappa shape index (κ2) is 8.11. The van der Waals surface area contributed by atoms with E-state index in [-0.39, 0.29) is 11.6 Å². The third-order valence-electron chi connectivity index (χ3n) is 21.6. The number of rotatable bonds is 0. The Bertz CT molecular complexity index is 2700. The van der Waals surface area contributed by atoms with Crippen molar-refractivity contribution in [3.8, 4) is 33.4 Å². The second-order valence-electron chi connectivity index (χ2n) is 21.7. The van der Waals surface area contributed by atoms with Crippen LogP contribution in [0.5, 0.6) is 0 Å². The van der Waals surface area contributed by atoms with E-state index in [1.54, 1.807) is 18.4 Å². The lowest BCUT2D eigenvalue weighted by Crippen LogP contribution is -2.94. The Hall–Kier alpha value is -3.50. The minimum absolute atomic E-state index is 0.117. The molecule has 20 atom stereocenters. The summed E-state index contributed by atoms with van der Waals surface area (Å²) >= 11 is 3.63. The van der Waals surface area contributed by atoms with Gasteiger partial charge in [-0.25, -0.2) is 0 Å². The van der Waals surface area contributed by atoms with Gasteiger partial charge in [-0.05, 0) is 224 Å². The van der Waals surface area contributed by atoms with Gasteiger partial charge in [0.2, 0.25) is 0 Å². The van der Waals surface area contributed by atoms with Crippen molar-refractivity contribution >= 4 is 46.4 Å². The molecular formula is C51H38BBrO2. The van der Waals surface area contributed by atoms with Gasteiger partial charge in [-0.3, -0.25) is 9.59 Å². The van der Waals surface area contributed by atoms with E-state index in [9.17, 15) is 9.59 Å². The van der Waals surface area contributed by atoms with E-state index >= 15 is 0 Å². The molecule has 0 spiro atoms. The Kier molecular flexibility index (Phi) is 4.13. The summed E-state index contributed by atoms with van der Waals surface area (Å²) in [4.78, 5) is 27.9. The average Bonchev–Trinajstić information content (AvgIpc) is 3.70. The van der Waals surface area contributed by atoms with Crippen LogP contribution in [0.15, 0.2) is 70.7 Å². The van der Waals surface area contributed by atoms with E-state index in [2.05, 4.69) is 78.4 Å². The van der Waals surface area contributed by atoms with Crippen LogP contribution >= 0.6 is 15.9 Å². The molecule has 20 unspecified atom stereocenters. The van der Waals surface area contributed by atoms with Gasteiger partial charge in [-0.15, -0.1) is 0 Å². The first-order valence-corrected chi connectivity index (χ1v) is 22.9. The van der Waals surface area contributed by atoms with Gasteiger partial charge < -0.3 is 0 Å². The summed E-state index contributed by atoms with van der Waals surface area (Å²) in [5.41, 5.74) is 16.9. The summed E-state index contributed by atoms with van der Waals surface area (Å²) < 4.78 is 0.945. The fourth-order valence-corrected chi connectivity index (χ4v) is 20.5. The predicted octanol–water partition coefficient (Wildman–Crippen LogP) is 8.56. The molecule has 0 radical (unpaired) electrons. The maximum absolute atomic E-state index is 14.0. The highest BCUT2D eigenvalue weighted by Crippen LogP contribution is 2.97. The van der Waals surface area contributed by atoms with Crippen molar-refractivity contribution < 1.29 is 9.59 Å². The summed E-state index contributed by atoms with van der Waals surface area (Å²) in [6.07, 6.45) is 4.43. The fraction of sp³-hybridized carbons (Fsp3) is 0.451. The highest BCUT2D eigenvalue weighted by Gasteiger charge is 2.93. The van der Waals surface area contributed by atoms with E-state index in [0.29, 0.717) is 0 Å². The maximum atomic E-state index is 14.0. The van der Waals surface area contributed by atoms with Gasteiger partial charge >= 0.3 is 0 Å². The van der Waals surface area contributed by atoms with Crippen molar-refractivity contribution in [2.24, 2.45) is 118 Å². The van der Waals surface area contributed by atoms with Gasteiger partial charge in [0.25, 0.3) is 0 Å². The third-order valence-corrected chi connectivity index (χ3v) is 22.1. The zero-order valence-electron chi connectivity index (χ0n) is 30.6. The predicted molar refractivity (Wildman–Crippen MR) is 215 cm³/mol. The number of carbonyl (C=O) groups excluding carboxylic acids is 2. The molecule has 0 N–H and O–H groups in total. The highest BCUT2D eigenvalue weighted by molar-refractivity contribution is 9.10. The minimum atomic E-state index is 0.117. The lowest BCUT2D eigenvalue weighted by Gasteiger charge is -2.97. The number of fused-ring (bicyclic) bond motifs is 37. The molecule has 4 aromatic carbocycles. The van der Waals surface area contributed by atoms with Crippen molar-refractivity contribution in [3.05, 3.63) is 104 Å². The van der Waals surface area contributed by atoms with Crippen LogP contribution in [0.2, 0.25) is 0 Å². The Morgan fingerprint density at radius 3 is 1.38 bits per heavy atom. The molecule has 4 aromatic rings. The molecular weight excluding hydrogens is 735 g/mol. The number of halogens is 1. The van der Waals surface area contributed by atoms with E-state index < -0.39 is 0 Å². The van der Waals surface area contributed by atoms with Gasteiger partial charge in [0.05, 0.1) is 0 Å². The van der Waals surface area contributed by atoms with Crippen LogP contribution < -0.4 is 5.46 Å². The zero-order valence-corrected chi connectivity index (χ0v) is 32.2. The van der Waals surface area contributed by atoms with E-state index in [1.807, 2.05) is 6.07 Å². The smallest absolute Gasteiger partial charge is 0.194 e. The van der Waals surface area contributed by atoms with Gasteiger partial charge in [-0.1, -0.05) is 51.2 Å². The molecule has 0 aromatic heterocycles. The topological polar surface area (TPSA) is 34.1 Å². The molecule has 55 heavy (non-hydrogen) atoms. The number of benzene rings is 4. The monoisotopic (exact) mass is 772 g/mol. The Morgan fingerprint density at radius 1 is 0.418 bits per heavy atom. The van der Waals surface area contributed by atoms with E-state index in [4.69, 9.17) is 0 Å². The number of allylic oxidation sites excluding steroid dienone is 1. The van der Waals surface area contributed by atoms with Crippen LogP contribution in [0.4, 0.5) is 0 Å². The summed E-state index contributed by atoms with van der Waals surface area (Å²) in [5, 5.41) is 0. The van der Waals surface area contributed by atoms with E-state index in [0.717, 1.165) is 131 Å². The molecule has 0 aliphatic heterocycles. The number of hydrogen-bond acceptors (Lipinski definition) is 2. The molecule has 0 amide bonds. The molecule has 4 heteroatoms. The summed E-state index contributed by atoms with van der Waals surface area (Å²) in [6.45, 7) is 0. The third kappa shape index (κ3) is 2.47. The molecule has 18 rings (SSSR count). The first-order valence-electron chi connectivity index (χ1n) is 22.1. The Balaban J connectivity index is 0.748. The molecule has 11 fully saturated rings. The van der Waals surface area contributed by atoms with E-state index in [1.165, 1.54) is 76.4 Å². The fourth-order valence-electron chi connectivity index (χ4n) is 20.1. The average molecular weight is 774 g/mol. The van der Waals surface area contributed by atoms with Crippen LogP contribution in [0.1, 0.15) is 62.2 Å². The first kappa shape index (κ1) is 28.0. The maximum Gasteiger partial charge on any atom is 0.194 e. The summed E-state index contributed by atoms with van der Waals surface area (Å²) in [5.74, 6) is 22.3. The standard InChI is InChI=1S/C51H38BBrO2/c52-14-1-3-16-20-9-24-22(11-28(20)50(54)26(16)7-14)23-12-29-21(17-4-2-15(53)8-27(17)51(29)55)10-25(23)32(24)30-13-31-33(30)37-36(31)40-41(37)45-44(40)48-46-42-38-34-18-5-6-19(18)35(34)39(38)43(42)47(46)49(45)48/h1-4,7-12,18-19,31,33-49H,5-6,13,52H2/b32-30+. The molecule has 0 heterocycles. The normalized spacial score (nSPS) is 50.7. The lowest BCUT2D eigenvalue weighted by molar-refractivity contribution is -0.503. The van der Waals surface area contributed by atoms with Crippen LogP contribution in [-0.4, -0.2) is 19.4 Å². The molecule has 2 nitrogen and oxygen atoms in total. The Labute approximate surface area is 329 Å². The van der Waals surface area contributed by atoms with Crippen LogP contribution in [0.25, 0.3) is 39.0 Å². The number of carbonyl (C=O) groups is 2. The minimum Gasteiger partial charge on any atom is -0.289 e. The van der Waals surface area contributed by atoms with Crippen molar-refractivity contribution in [1.29, 1.82) is 0 Å². The summed E-state index contributed by atoms with van der Waals surface area (Å²) in [6, 6.07) is 21.8.